The summed E-state index contributed by atoms with van der Waals surface area (Å²) in [5.41, 5.74) is 0.719. The van der Waals surface area contributed by atoms with Crippen molar-refractivity contribution in [3.05, 3.63) is 0 Å². The molecule has 0 amide bonds. The molecule has 0 aromatic heterocycles. The zero-order valence-electron chi connectivity index (χ0n) is 15.9. The Balaban J connectivity index is 1.62. The molecule has 8 atom stereocenters. The number of carbonyl (C=O) groups is 1. The lowest BCUT2D eigenvalue weighted by Gasteiger charge is -2.59. The first-order chi connectivity index (χ1) is 11.4. The molecule has 0 radical (unpaired) electrons. The van der Waals surface area contributed by atoms with Gasteiger partial charge in [-0.3, -0.25) is 4.79 Å². The SMILES string of the molecule is CC(=O)[C@H]1CC[C@H]2[C@@H]3CC[C@H]4C[C@H](O)CCC[C@]4(C)[C@H]3CC[C@]12C. The lowest BCUT2D eigenvalue weighted by molar-refractivity contribution is -0.131. The molecule has 4 rings (SSSR count). The van der Waals surface area contributed by atoms with Crippen molar-refractivity contribution in [2.24, 2.45) is 40.4 Å². The smallest absolute Gasteiger partial charge is 0.133 e. The average Bonchev–Trinajstić information content (AvgIpc) is 2.79. The lowest BCUT2D eigenvalue weighted by atomic mass is 9.46. The topological polar surface area (TPSA) is 37.3 Å². The molecule has 4 saturated carbocycles. The van der Waals surface area contributed by atoms with Gasteiger partial charge < -0.3 is 5.11 Å². The summed E-state index contributed by atoms with van der Waals surface area (Å²) in [6.07, 6.45) is 12.2. The highest BCUT2D eigenvalue weighted by atomic mass is 16.3. The molecule has 0 aliphatic heterocycles. The first kappa shape index (κ1) is 17.1. The molecule has 4 fully saturated rings. The van der Waals surface area contributed by atoms with Crippen LogP contribution in [0.15, 0.2) is 0 Å². The van der Waals surface area contributed by atoms with E-state index in [1.807, 2.05) is 6.92 Å². The number of aliphatic hydroxyl groups excluding tert-OH is 1. The van der Waals surface area contributed by atoms with Crippen LogP contribution in [0.25, 0.3) is 0 Å². The number of rotatable bonds is 1. The number of aliphatic hydroxyl groups is 1. The van der Waals surface area contributed by atoms with Gasteiger partial charge in [0.25, 0.3) is 0 Å². The quantitative estimate of drug-likeness (QED) is 0.735. The number of hydrogen-bond donors (Lipinski definition) is 1. The highest BCUT2D eigenvalue weighted by Crippen LogP contribution is 2.67. The summed E-state index contributed by atoms with van der Waals surface area (Å²) in [7, 11) is 0. The van der Waals surface area contributed by atoms with Crippen molar-refractivity contribution in [1.82, 2.24) is 0 Å². The van der Waals surface area contributed by atoms with Crippen molar-refractivity contribution in [3.8, 4) is 0 Å². The molecule has 0 heterocycles. The first-order valence-electron chi connectivity index (χ1n) is 10.5. The Bertz CT molecular complexity index is 514. The van der Waals surface area contributed by atoms with E-state index >= 15 is 0 Å². The number of hydrogen-bond acceptors (Lipinski definition) is 2. The van der Waals surface area contributed by atoms with E-state index in [2.05, 4.69) is 13.8 Å². The minimum absolute atomic E-state index is 0.0594. The second kappa shape index (κ2) is 5.83. The fraction of sp³-hybridized carbons (Fsp3) is 0.955. The van der Waals surface area contributed by atoms with Crippen LogP contribution in [0.5, 0.6) is 0 Å². The highest BCUT2D eigenvalue weighted by Gasteiger charge is 2.60. The van der Waals surface area contributed by atoms with Gasteiger partial charge in [-0.1, -0.05) is 20.3 Å². The van der Waals surface area contributed by atoms with Gasteiger partial charge in [-0.25, -0.2) is 0 Å². The Labute approximate surface area is 147 Å². The summed E-state index contributed by atoms with van der Waals surface area (Å²) in [5, 5.41) is 10.3. The molecule has 0 bridgehead atoms. The van der Waals surface area contributed by atoms with Gasteiger partial charge in [0, 0.05) is 5.92 Å². The lowest BCUT2D eigenvalue weighted by Crippen LogP contribution is -2.52. The van der Waals surface area contributed by atoms with Crippen LogP contribution < -0.4 is 0 Å². The molecule has 2 heteroatoms. The van der Waals surface area contributed by atoms with E-state index in [0.29, 0.717) is 17.1 Å². The molecule has 4 aliphatic rings. The molecule has 136 valence electrons. The van der Waals surface area contributed by atoms with Crippen LogP contribution in [0.2, 0.25) is 0 Å². The molecule has 0 unspecified atom stereocenters. The first-order valence-corrected chi connectivity index (χ1v) is 10.5. The predicted molar refractivity (Wildman–Crippen MR) is 96.5 cm³/mol. The van der Waals surface area contributed by atoms with E-state index in [4.69, 9.17) is 0 Å². The van der Waals surface area contributed by atoms with E-state index in [9.17, 15) is 9.90 Å². The van der Waals surface area contributed by atoms with Crippen molar-refractivity contribution in [1.29, 1.82) is 0 Å². The summed E-state index contributed by atoms with van der Waals surface area (Å²) in [4.78, 5) is 12.2. The Kier molecular flexibility index (Phi) is 4.14. The largest absolute Gasteiger partial charge is 0.393 e. The maximum atomic E-state index is 12.2. The molecule has 0 aromatic rings. The molecular weight excluding hydrogens is 296 g/mol. The van der Waals surface area contributed by atoms with Crippen molar-refractivity contribution < 1.29 is 9.90 Å². The maximum absolute atomic E-state index is 12.2. The van der Waals surface area contributed by atoms with Crippen LogP contribution in [0, 0.1) is 40.4 Å². The van der Waals surface area contributed by atoms with E-state index in [1.54, 1.807) is 0 Å². The van der Waals surface area contributed by atoms with Gasteiger partial charge in [-0.2, -0.15) is 0 Å². The monoisotopic (exact) mass is 332 g/mol. The van der Waals surface area contributed by atoms with Gasteiger partial charge in [0.1, 0.15) is 5.78 Å². The Morgan fingerprint density at radius 3 is 2.42 bits per heavy atom. The standard InChI is InChI=1S/C22H36O2/c1-14(23)18-8-9-19-17-7-6-15-13-16(24)5-4-11-21(15,2)20(17)10-12-22(18,19)3/h15-20,24H,4-13H2,1-3H3/t15-,16+,17-,18+,19-,20-,21-,22+/m0/s1. The van der Waals surface area contributed by atoms with Crippen LogP contribution in [-0.4, -0.2) is 17.0 Å². The maximum Gasteiger partial charge on any atom is 0.133 e. The molecule has 1 N–H and O–H groups in total. The fourth-order valence-electron chi connectivity index (χ4n) is 8.14. The van der Waals surface area contributed by atoms with Crippen molar-refractivity contribution >= 4 is 5.78 Å². The van der Waals surface area contributed by atoms with Gasteiger partial charge in [0.15, 0.2) is 0 Å². The van der Waals surface area contributed by atoms with Crippen LogP contribution in [0.3, 0.4) is 0 Å². The van der Waals surface area contributed by atoms with Crippen LogP contribution in [0.1, 0.15) is 85.0 Å². The minimum Gasteiger partial charge on any atom is -0.393 e. The molecule has 4 aliphatic carbocycles. The van der Waals surface area contributed by atoms with E-state index in [0.717, 1.165) is 42.9 Å². The van der Waals surface area contributed by atoms with Gasteiger partial charge >= 0.3 is 0 Å². The molecule has 24 heavy (non-hydrogen) atoms. The second-order valence-electron chi connectivity index (χ2n) is 10.2. The normalized spacial score (nSPS) is 54.3. The molecule has 2 nitrogen and oxygen atoms in total. The van der Waals surface area contributed by atoms with E-state index < -0.39 is 0 Å². The van der Waals surface area contributed by atoms with E-state index in [-0.39, 0.29) is 11.5 Å². The number of carbonyl (C=O) groups excluding carboxylic acids is 1. The molecule has 0 aromatic carbocycles. The summed E-state index contributed by atoms with van der Waals surface area (Å²) in [6.45, 7) is 6.83. The number of fused-ring (bicyclic) bond motifs is 5. The van der Waals surface area contributed by atoms with Gasteiger partial charge in [0.2, 0.25) is 0 Å². The zero-order chi connectivity index (χ0) is 17.1. The molecule has 0 saturated heterocycles. The van der Waals surface area contributed by atoms with Crippen LogP contribution >= 0.6 is 0 Å². The Hall–Kier alpha value is -0.370. The van der Waals surface area contributed by atoms with Crippen molar-refractivity contribution in [2.75, 3.05) is 0 Å². The number of Topliss-reactive ketones (excluding diaryl/α,β-unsaturated/α-hetero) is 1. The summed E-state index contributed by atoms with van der Waals surface area (Å²) in [6, 6.07) is 0. The third-order valence-electron chi connectivity index (χ3n) is 9.37. The second-order valence-corrected chi connectivity index (χ2v) is 10.2. The predicted octanol–water partition coefficient (Wildman–Crippen LogP) is 4.99. The fourth-order valence-corrected chi connectivity index (χ4v) is 8.14. The Morgan fingerprint density at radius 1 is 0.917 bits per heavy atom. The van der Waals surface area contributed by atoms with Gasteiger partial charge in [0.05, 0.1) is 6.10 Å². The Morgan fingerprint density at radius 2 is 1.67 bits per heavy atom. The molecular formula is C22H36O2. The van der Waals surface area contributed by atoms with Crippen molar-refractivity contribution in [3.63, 3.8) is 0 Å². The summed E-state index contributed by atoms with van der Waals surface area (Å²) in [5.74, 6) is 3.94. The number of ketones is 1. The van der Waals surface area contributed by atoms with E-state index in [1.165, 1.54) is 44.9 Å². The third-order valence-corrected chi connectivity index (χ3v) is 9.37. The minimum atomic E-state index is -0.0594. The van der Waals surface area contributed by atoms with Gasteiger partial charge in [-0.15, -0.1) is 0 Å². The molecule has 0 spiro atoms. The average molecular weight is 333 g/mol. The summed E-state index contributed by atoms with van der Waals surface area (Å²) < 4.78 is 0. The van der Waals surface area contributed by atoms with Crippen molar-refractivity contribution in [2.45, 2.75) is 91.1 Å². The van der Waals surface area contributed by atoms with Crippen LogP contribution in [0.4, 0.5) is 0 Å². The van der Waals surface area contributed by atoms with Crippen LogP contribution in [-0.2, 0) is 4.79 Å². The summed E-state index contributed by atoms with van der Waals surface area (Å²) >= 11 is 0. The highest BCUT2D eigenvalue weighted by molar-refractivity contribution is 5.79. The third kappa shape index (κ3) is 2.35. The van der Waals surface area contributed by atoms with Gasteiger partial charge in [-0.05, 0) is 99.2 Å². The zero-order valence-corrected chi connectivity index (χ0v) is 15.9.